The number of dihydropyridines is 1. The highest BCUT2D eigenvalue weighted by Crippen LogP contribution is 2.34. The van der Waals surface area contributed by atoms with Gasteiger partial charge in [-0.25, -0.2) is 0 Å². The number of allylic oxidation sites excluding steroid dienone is 2. The van der Waals surface area contributed by atoms with Gasteiger partial charge in [0.15, 0.2) is 0 Å². The molecular weight excluding hydrogens is 471 g/mol. The van der Waals surface area contributed by atoms with Gasteiger partial charge >= 0.3 is 0 Å². The molecule has 2 aliphatic rings. The monoisotopic (exact) mass is 500 g/mol. The van der Waals surface area contributed by atoms with Crippen molar-refractivity contribution in [1.82, 2.24) is 15.5 Å². The van der Waals surface area contributed by atoms with Crippen molar-refractivity contribution in [2.45, 2.75) is 31.7 Å². The Morgan fingerprint density at radius 2 is 1.85 bits per heavy atom. The Labute approximate surface area is 210 Å². The van der Waals surface area contributed by atoms with Crippen molar-refractivity contribution in [3.05, 3.63) is 87.6 Å². The molecule has 2 unspecified atom stereocenters. The van der Waals surface area contributed by atoms with Crippen LogP contribution in [0.3, 0.4) is 0 Å². The minimum Gasteiger partial charge on any atom is -0.351 e. The molecule has 180 valence electrons. The Balaban J connectivity index is 1.33. The Bertz CT molecular complexity index is 1060. The second kappa shape index (κ2) is 10.9. The second-order valence-corrected chi connectivity index (χ2v) is 9.46. The molecule has 0 spiro atoms. The Hall–Kier alpha value is -2.35. The van der Waals surface area contributed by atoms with Crippen LogP contribution in [0.25, 0.3) is 5.57 Å². The number of nitrogens with zero attached hydrogens (tertiary/aromatic N) is 1. The average molecular weight is 501 g/mol. The van der Waals surface area contributed by atoms with E-state index in [2.05, 4.69) is 15.5 Å². The minimum absolute atomic E-state index is 0.0568. The van der Waals surface area contributed by atoms with Crippen LogP contribution in [0.15, 0.2) is 60.8 Å². The van der Waals surface area contributed by atoms with E-state index < -0.39 is 12.0 Å². The maximum Gasteiger partial charge on any atom is 0.251 e. The van der Waals surface area contributed by atoms with Crippen LogP contribution >= 0.6 is 23.2 Å². The first kappa shape index (κ1) is 24.8. The molecule has 0 saturated carbocycles. The third-order valence-corrected chi connectivity index (χ3v) is 6.79. The number of hydrogen-bond acceptors (Lipinski definition) is 5. The normalized spacial score (nSPS) is 21.1. The lowest BCUT2D eigenvalue weighted by atomic mass is 10.0. The number of nitrogens with two attached hydrogens (primary N) is 1. The number of carbonyl (C=O) groups is 1. The van der Waals surface area contributed by atoms with Gasteiger partial charge in [0.25, 0.3) is 5.91 Å². The molecule has 1 amide bonds. The lowest BCUT2D eigenvalue weighted by molar-refractivity contribution is -0.0673. The molecule has 1 saturated heterocycles. The number of likely N-dealkylation sites (tertiary alicyclic amines) is 1. The van der Waals surface area contributed by atoms with Crippen molar-refractivity contribution in [3.8, 4) is 0 Å². The van der Waals surface area contributed by atoms with Crippen LogP contribution in [-0.4, -0.2) is 42.8 Å². The van der Waals surface area contributed by atoms with Gasteiger partial charge in [-0.1, -0.05) is 47.5 Å². The van der Waals surface area contributed by atoms with Crippen LogP contribution in [0.2, 0.25) is 10.0 Å². The van der Waals surface area contributed by atoms with E-state index in [-0.39, 0.29) is 5.91 Å². The fourth-order valence-corrected chi connectivity index (χ4v) is 4.96. The summed E-state index contributed by atoms with van der Waals surface area (Å²) in [6.45, 7) is 5.67. The molecule has 2 aliphatic heterocycles. The van der Waals surface area contributed by atoms with Gasteiger partial charge < -0.3 is 20.3 Å². The van der Waals surface area contributed by atoms with Gasteiger partial charge in [0.05, 0.1) is 6.10 Å². The van der Waals surface area contributed by atoms with Crippen molar-refractivity contribution in [1.29, 1.82) is 0 Å². The highest BCUT2D eigenvalue weighted by molar-refractivity contribution is 6.36. The van der Waals surface area contributed by atoms with Gasteiger partial charge in [-0.2, -0.15) is 0 Å². The fourth-order valence-electron chi connectivity index (χ4n) is 4.25. The fraction of sp³-hybridized carbons (Fsp3) is 0.346. The summed E-state index contributed by atoms with van der Waals surface area (Å²) in [7, 11) is 0. The topological polar surface area (TPSA) is 79.6 Å². The van der Waals surface area contributed by atoms with E-state index in [4.69, 9.17) is 33.7 Å². The van der Waals surface area contributed by atoms with Gasteiger partial charge in [-0.05, 0) is 74.3 Å². The van der Waals surface area contributed by atoms with E-state index in [1.807, 2.05) is 37.3 Å². The number of ether oxygens (including phenoxy) is 1. The standard InChI is InChI=1S/C26H30Cl2N4O2/c1-18(24-22(27)5-4-6-23(24)28)34-26(29)12-11-21(17-31-26)19-7-9-20(10-8-19)25(33)30-13-16-32-14-2-3-15-32/h4-12,17-18,31H,2-3,13-16,29H2,1H3,(H,30,33). The lowest BCUT2D eigenvalue weighted by Gasteiger charge is -2.33. The van der Waals surface area contributed by atoms with E-state index in [1.54, 1.807) is 30.5 Å². The number of rotatable bonds is 8. The summed E-state index contributed by atoms with van der Waals surface area (Å²) < 4.78 is 6.05. The number of carbonyl (C=O) groups excluding carboxylic acids is 1. The van der Waals surface area contributed by atoms with E-state index >= 15 is 0 Å². The summed E-state index contributed by atoms with van der Waals surface area (Å²) in [5, 5.41) is 7.17. The first-order chi connectivity index (χ1) is 16.3. The predicted octanol–water partition coefficient (Wildman–Crippen LogP) is 4.71. The van der Waals surface area contributed by atoms with E-state index in [0.717, 1.165) is 30.8 Å². The first-order valence-corrected chi connectivity index (χ1v) is 12.3. The van der Waals surface area contributed by atoms with Crippen LogP contribution in [0.5, 0.6) is 0 Å². The summed E-state index contributed by atoms with van der Waals surface area (Å²) in [5.41, 5.74) is 9.60. The van der Waals surface area contributed by atoms with E-state index in [0.29, 0.717) is 27.7 Å². The predicted molar refractivity (Wildman–Crippen MR) is 138 cm³/mol. The van der Waals surface area contributed by atoms with Crippen LogP contribution in [0.4, 0.5) is 0 Å². The molecule has 0 aliphatic carbocycles. The molecule has 34 heavy (non-hydrogen) atoms. The van der Waals surface area contributed by atoms with E-state index in [9.17, 15) is 4.79 Å². The van der Waals surface area contributed by atoms with Gasteiger partial charge in [0.1, 0.15) is 0 Å². The molecule has 0 bridgehead atoms. The SMILES string of the molecule is CC(OC1(N)C=CC(c2ccc(C(=O)NCCN3CCCC3)cc2)=CN1)c1c(Cl)cccc1Cl. The van der Waals surface area contributed by atoms with Crippen LogP contribution in [0.1, 0.15) is 47.4 Å². The molecule has 8 heteroatoms. The smallest absolute Gasteiger partial charge is 0.251 e. The molecule has 1 fully saturated rings. The third kappa shape index (κ3) is 6.01. The van der Waals surface area contributed by atoms with Crippen molar-refractivity contribution in [2.24, 2.45) is 5.73 Å². The molecule has 2 atom stereocenters. The molecule has 2 heterocycles. The van der Waals surface area contributed by atoms with Crippen LogP contribution < -0.4 is 16.4 Å². The second-order valence-electron chi connectivity index (χ2n) is 8.65. The highest BCUT2D eigenvalue weighted by atomic mass is 35.5. The highest BCUT2D eigenvalue weighted by Gasteiger charge is 2.28. The number of nitrogens with one attached hydrogen (secondary N) is 2. The Morgan fingerprint density at radius 1 is 1.18 bits per heavy atom. The van der Waals surface area contributed by atoms with Gasteiger partial charge in [0, 0.05) is 40.5 Å². The number of hydrogen-bond donors (Lipinski definition) is 3. The van der Waals surface area contributed by atoms with Gasteiger partial charge in [-0.3, -0.25) is 10.5 Å². The lowest BCUT2D eigenvalue weighted by Crippen LogP contribution is -2.53. The molecule has 0 aromatic heterocycles. The Kier molecular flexibility index (Phi) is 7.96. The van der Waals surface area contributed by atoms with Crippen molar-refractivity contribution >= 4 is 34.7 Å². The quantitative estimate of drug-likeness (QED) is 0.457. The average Bonchev–Trinajstić information content (AvgIpc) is 3.33. The number of benzene rings is 2. The van der Waals surface area contributed by atoms with Crippen LogP contribution in [0, 0.1) is 0 Å². The zero-order valence-electron chi connectivity index (χ0n) is 19.2. The van der Waals surface area contributed by atoms with Gasteiger partial charge in [0.2, 0.25) is 5.85 Å². The van der Waals surface area contributed by atoms with E-state index in [1.165, 1.54) is 12.8 Å². The van der Waals surface area contributed by atoms with Crippen molar-refractivity contribution < 1.29 is 9.53 Å². The molecule has 6 nitrogen and oxygen atoms in total. The summed E-state index contributed by atoms with van der Waals surface area (Å²) in [6, 6.07) is 12.8. The van der Waals surface area contributed by atoms with Crippen molar-refractivity contribution in [3.63, 3.8) is 0 Å². The maximum atomic E-state index is 12.4. The maximum absolute atomic E-state index is 12.4. The summed E-state index contributed by atoms with van der Waals surface area (Å²) in [5.74, 6) is -1.26. The number of amides is 1. The summed E-state index contributed by atoms with van der Waals surface area (Å²) in [6.07, 6.45) is 7.51. The zero-order chi connectivity index (χ0) is 24.1. The third-order valence-electron chi connectivity index (χ3n) is 6.13. The minimum atomic E-state index is -1.21. The molecular formula is C26H30Cl2N4O2. The van der Waals surface area contributed by atoms with Crippen molar-refractivity contribution in [2.75, 3.05) is 26.2 Å². The van der Waals surface area contributed by atoms with Crippen LogP contribution in [-0.2, 0) is 4.74 Å². The zero-order valence-corrected chi connectivity index (χ0v) is 20.7. The molecule has 2 aromatic rings. The van der Waals surface area contributed by atoms with Gasteiger partial charge in [-0.15, -0.1) is 0 Å². The molecule has 2 aromatic carbocycles. The first-order valence-electron chi connectivity index (χ1n) is 11.5. The molecule has 4 rings (SSSR count). The number of halogens is 2. The summed E-state index contributed by atoms with van der Waals surface area (Å²) in [4.78, 5) is 14.8. The molecule has 0 radical (unpaired) electrons. The largest absolute Gasteiger partial charge is 0.351 e. The Morgan fingerprint density at radius 3 is 2.47 bits per heavy atom. The summed E-state index contributed by atoms with van der Waals surface area (Å²) >= 11 is 12.6. The molecule has 4 N–H and O–H groups in total.